The van der Waals surface area contributed by atoms with E-state index in [4.69, 9.17) is 0 Å². The zero-order chi connectivity index (χ0) is 14.2. The maximum Gasteiger partial charge on any atom is 0.387 e. The van der Waals surface area contributed by atoms with Crippen molar-refractivity contribution in [2.24, 2.45) is 5.92 Å². The van der Waals surface area contributed by atoms with Crippen LogP contribution in [0, 0.1) is 5.92 Å². The third-order valence-corrected chi connectivity index (χ3v) is 5.06. The van der Waals surface area contributed by atoms with Crippen molar-refractivity contribution in [3.05, 3.63) is 36.0 Å². The van der Waals surface area contributed by atoms with Crippen molar-refractivity contribution < 1.29 is 9.37 Å². The second-order valence-electron chi connectivity index (χ2n) is 6.29. The quantitative estimate of drug-likeness (QED) is 0.861. The Morgan fingerprint density at radius 2 is 2.14 bits per heavy atom. The van der Waals surface area contributed by atoms with Gasteiger partial charge >= 0.3 is 5.91 Å². The molecule has 0 spiro atoms. The maximum absolute atomic E-state index is 12.3. The largest absolute Gasteiger partial charge is 0.387 e. The van der Waals surface area contributed by atoms with Gasteiger partial charge in [-0.15, -0.1) is 0 Å². The summed E-state index contributed by atoms with van der Waals surface area (Å²) < 4.78 is 2.09. The molecular formula is C18H21N2O+. The first kappa shape index (κ1) is 12.8. The summed E-state index contributed by atoms with van der Waals surface area (Å²) >= 11 is 0. The summed E-state index contributed by atoms with van der Waals surface area (Å²) in [5, 5.41) is 1.29. The Labute approximate surface area is 124 Å². The van der Waals surface area contributed by atoms with Gasteiger partial charge < -0.3 is 4.98 Å². The van der Waals surface area contributed by atoms with Crippen molar-refractivity contribution >= 4 is 22.5 Å². The summed E-state index contributed by atoms with van der Waals surface area (Å²) in [7, 11) is 0. The first-order chi connectivity index (χ1) is 10.3. The Morgan fingerprint density at radius 1 is 1.24 bits per heavy atom. The number of hydrogen-bond donors (Lipinski definition) is 1. The van der Waals surface area contributed by atoms with E-state index < -0.39 is 0 Å². The Hall–Kier alpha value is -1.90. The molecule has 0 bridgehead atoms. The lowest BCUT2D eigenvalue weighted by atomic mass is 9.87. The van der Waals surface area contributed by atoms with E-state index in [2.05, 4.69) is 40.0 Å². The molecule has 0 saturated heterocycles. The molecule has 4 rings (SSSR count). The molecule has 1 aromatic carbocycles. The maximum atomic E-state index is 12.3. The molecule has 3 nitrogen and oxygen atoms in total. The summed E-state index contributed by atoms with van der Waals surface area (Å²) in [6.45, 7) is 0.840. The van der Waals surface area contributed by atoms with Crippen LogP contribution in [0.1, 0.15) is 37.7 Å². The highest BCUT2D eigenvalue weighted by Gasteiger charge is 2.40. The molecule has 1 fully saturated rings. The molecule has 2 aromatic rings. The molecule has 1 aliphatic carbocycles. The second kappa shape index (κ2) is 5.14. The van der Waals surface area contributed by atoms with E-state index in [0.29, 0.717) is 11.8 Å². The smallest absolute Gasteiger partial charge is 0.361 e. The third kappa shape index (κ3) is 2.21. The van der Waals surface area contributed by atoms with E-state index in [-0.39, 0.29) is 0 Å². The molecule has 3 heteroatoms. The molecule has 21 heavy (non-hydrogen) atoms. The molecule has 0 radical (unpaired) electrons. The topological polar surface area (TPSA) is 35.9 Å². The molecule has 1 aromatic heterocycles. The number of nitrogens with zero attached hydrogens (tertiary/aromatic N) is 1. The minimum Gasteiger partial charge on any atom is -0.361 e. The number of amides is 1. The average molecular weight is 281 g/mol. The van der Waals surface area contributed by atoms with Crippen LogP contribution in [0.4, 0.5) is 0 Å². The molecule has 0 unspecified atom stereocenters. The van der Waals surface area contributed by atoms with Gasteiger partial charge in [0.2, 0.25) is 0 Å². The van der Waals surface area contributed by atoms with Crippen LogP contribution in [0.25, 0.3) is 10.9 Å². The van der Waals surface area contributed by atoms with E-state index in [0.717, 1.165) is 25.8 Å². The lowest BCUT2D eigenvalue weighted by Gasteiger charge is -2.13. The number of aromatic nitrogens is 1. The average Bonchev–Trinajstić information content (AvgIpc) is 3.06. The van der Waals surface area contributed by atoms with E-state index in [1.807, 2.05) is 0 Å². The summed E-state index contributed by atoms with van der Waals surface area (Å²) in [4.78, 5) is 15.6. The van der Waals surface area contributed by atoms with Crippen LogP contribution in [0.5, 0.6) is 0 Å². The third-order valence-electron chi connectivity index (χ3n) is 5.06. The van der Waals surface area contributed by atoms with Crippen LogP contribution in [-0.2, 0) is 11.2 Å². The molecule has 1 saturated carbocycles. The van der Waals surface area contributed by atoms with Gasteiger partial charge in [-0.2, -0.15) is 4.58 Å². The standard InChI is InChI=1S/C18H21N2O/c21-18-11-13-5-1-4-8-17(13)20(18)10-9-14-12-19-16-7-3-2-6-15(14)16/h2-3,6-7,12-13,19H,1,4-5,8-11H2/q+1/t13-/m1/s1. The fourth-order valence-corrected chi connectivity index (χ4v) is 3.96. The Morgan fingerprint density at radius 3 is 3.10 bits per heavy atom. The molecule has 1 atom stereocenters. The van der Waals surface area contributed by atoms with Gasteiger partial charge in [-0.25, -0.2) is 4.79 Å². The van der Waals surface area contributed by atoms with Crippen molar-refractivity contribution in [3.63, 3.8) is 0 Å². The monoisotopic (exact) mass is 281 g/mol. The number of rotatable bonds is 3. The van der Waals surface area contributed by atoms with Gasteiger partial charge in [-0.05, 0) is 24.5 Å². The molecule has 1 aliphatic heterocycles. The van der Waals surface area contributed by atoms with Crippen molar-refractivity contribution in [1.29, 1.82) is 0 Å². The number of nitrogens with one attached hydrogen (secondary N) is 1. The van der Waals surface area contributed by atoms with E-state index in [9.17, 15) is 4.79 Å². The van der Waals surface area contributed by atoms with Gasteiger partial charge in [0.05, 0.1) is 12.3 Å². The predicted octanol–water partition coefficient (Wildman–Crippen LogP) is 3.28. The van der Waals surface area contributed by atoms with Crippen molar-refractivity contribution in [2.75, 3.05) is 6.54 Å². The van der Waals surface area contributed by atoms with Gasteiger partial charge in [-0.3, -0.25) is 0 Å². The Kier molecular flexibility index (Phi) is 3.13. The van der Waals surface area contributed by atoms with Gasteiger partial charge in [0.25, 0.3) is 0 Å². The van der Waals surface area contributed by atoms with Crippen LogP contribution in [0.3, 0.4) is 0 Å². The molecule has 2 aliphatic rings. The molecule has 1 amide bonds. The SMILES string of the molecule is O=C1C[C@H]2CCCCC2=[N+]1CCc1c[nH]c2ccccc12. The number of aromatic amines is 1. The fourth-order valence-electron chi connectivity index (χ4n) is 3.96. The first-order valence-electron chi connectivity index (χ1n) is 8.04. The Balaban J connectivity index is 1.57. The zero-order valence-electron chi connectivity index (χ0n) is 12.3. The summed E-state index contributed by atoms with van der Waals surface area (Å²) in [6, 6.07) is 8.39. The summed E-state index contributed by atoms with van der Waals surface area (Å²) in [5.74, 6) is 0.894. The normalized spacial score (nSPS) is 22.1. The molecule has 2 heterocycles. The number of fused-ring (bicyclic) bond motifs is 2. The number of hydrogen-bond acceptors (Lipinski definition) is 1. The van der Waals surface area contributed by atoms with Crippen molar-refractivity contribution in [3.8, 4) is 0 Å². The van der Waals surface area contributed by atoms with Gasteiger partial charge in [0, 0.05) is 29.9 Å². The number of carbonyl (C=O) groups excluding carboxylic acids is 1. The van der Waals surface area contributed by atoms with Crippen LogP contribution in [0.2, 0.25) is 0 Å². The lowest BCUT2D eigenvalue weighted by molar-refractivity contribution is -0.444. The summed E-state index contributed by atoms with van der Waals surface area (Å²) in [5.41, 5.74) is 3.92. The predicted molar refractivity (Wildman–Crippen MR) is 83.7 cm³/mol. The number of H-pyrrole nitrogens is 1. The second-order valence-corrected chi connectivity index (χ2v) is 6.29. The zero-order valence-corrected chi connectivity index (χ0v) is 12.3. The van der Waals surface area contributed by atoms with Gasteiger partial charge in [0.15, 0.2) is 12.3 Å². The van der Waals surface area contributed by atoms with Crippen LogP contribution >= 0.6 is 0 Å². The minimum absolute atomic E-state index is 0.344. The number of benzene rings is 1. The van der Waals surface area contributed by atoms with Crippen LogP contribution in [0.15, 0.2) is 30.5 Å². The highest BCUT2D eigenvalue weighted by atomic mass is 16.2. The highest BCUT2D eigenvalue weighted by Crippen LogP contribution is 2.29. The Bertz CT molecular complexity index is 726. The number of para-hydroxylation sites is 1. The molecular weight excluding hydrogens is 260 g/mol. The van der Waals surface area contributed by atoms with E-state index in [1.165, 1.54) is 41.4 Å². The van der Waals surface area contributed by atoms with Crippen LogP contribution in [-0.4, -0.2) is 27.7 Å². The molecule has 1 N–H and O–H groups in total. The van der Waals surface area contributed by atoms with E-state index >= 15 is 0 Å². The fraction of sp³-hybridized carbons (Fsp3) is 0.444. The van der Waals surface area contributed by atoms with Crippen molar-refractivity contribution in [1.82, 2.24) is 4.98 Å². The van der Waals surface area contributed by atoms with Crippen LogP contribution < -0.4 is 0 Å². The van der Waals surface area contributed by atoms with Gasteiger partial charge in [-0.1, -0.05) is 24.6 Å². The van der Waals surface area contributed by atoms with Crippen molar-refractivity contribution in [2.45, 2.75) is 38.5 Å². The lowest BCUT2D eigenvalue weighted by Crippen LogP contribution is -2.25. The van der Waals surface area contributed by atoms with Gasteiger partial charge in [0.1, 0.15) is 0 Å². The minimum atomic E-state index is 0.344. The first-order valence-corrected chi connectivity index (χ1v) is 8.04. The number of carbonyl (C=O) groups is 1. The van der Waals surface area contributed by atoms with E-state index in [1.54, 1.807) is 0 Å². The molecule has 108 valence electrons. The highest BCUT2D eigenvalue weighted by molar-refractivity contribution is 5.94. The summed E-state index contributed by atoms with van der Waals surface area (Å²) in [6.07, 6.45) is 8.67.